The van der Waals surface area contributed by atoms with Crippen LogP contribution in [0.3, 0.4) is 0 Å². The first kappa shape index (κ1) is 14.3. The van der Waals surface area contributed by atoms with Crippen LogP contribution in [-0.2, 0) is 4.74 Å². The Morgan fingerprint density at radius 2 is 2.05 bits per heavy atom. The van der Waals surface area contributed by atoms with E-state index in [4.69, 9.17) is 4.74 Å². The van der Waals surface area contributed by atoms with Gasteiger partial charge in [-0.3, -0.25) is 0 Å². The quantitative estimate of drug-likeness (QED) is 0.792. The number of hydrogen-bond acceptors (Lipinski definition) is 5. The van der Waals surface area contributed by atoms with E-state index in [1.54, 1.807) is 0 Å². The normalized spacial score (nSPS) is 16.5. The molecule has 1 aliphatic heterocycles. The maximum atomic E-state index is 11.6. The number of piperazine rings is 1. The Morgan fingerprint density at radius 1 is 1.37 bits per heavy atom. The highest BCUT2D eigenvalue weighted by Crippen LogP contribution is 2.21. The van der Waals surface area contributed by atoms with Crippen molar-refractivity contribution >= 4 is 27.7 Å². The van der Waals surface area contributed by atoms with Crippen LogP contribution in [0.4, 0.5) is 5.82 Å². The second-order valence-electron chi connectivity index (χ2n) is 4.41. The summed E-state index contributed by atoms with van der Waals surface area (Å²) in [6.45, 7) is 7.17. The van der Waals surface area contributed by atoms with Gasteiger partial charge in [0, 0.05) is 26.2 Å². The molecule has 0 amide bonds. The van der Waals surface area contributed by atoms with Crippen LogP contribution in [-0.4, -0.2) is 55.7 Å². The fourth-order valence-corrected chi connectivity index (χ4v) is 2.52. The average molecular weight is 328 g/mol. The Balaban J connectivity index is 2.15. The van der Waals surface area contributed by atoms with E-state index in [9.17, 15) is 4.79 Å². The number of anilines is 1. The molecule has 0 spiro atoms. The number of aromatic nitrogens is 1. The van der Waals surface area contributed by atoms with Gasteiger partial charge in [-0.2, -0.15) is 0 Å². The van der Waals surface area contributed by atoms with Crippen LogP contribution in [0, 0.1) is 0 Å². The molecule has 5 nitrogen and oxygen atoms in total. The molecule has 0 N–H and O–H groups in total. The van der Waals surface area contributed by atoms with E-state index in [0.717, 1.165) is 38.5 Å². The summed E-state index contributed by atoms with van der Waals surface area (Å²) < 4.78 is 5.40. The lowest BCUT2D eigenvalue weighted by Gasteiger charge is -2.34. The molecule has 1 aliphatic rings. The summed E-state index contributed by atoms with van der Waals surface area (Å²) in [4.78, 5) is 20.6. The third kappa shape index (κ3) is 3.25. The van der Waals surface area contributed by atoms with Gasteiger partial charge in [-0.15, -0.1) is 0 Å². The molecule has 1 aromatic heterocycles. The molecule has 2 heterocycles. The van der Waals surface area contributed by atoms with Crippen LogP contribution in [0.5, 0.6) is 0 Å². The third-order valence-corrected chi connectivity index (χ3v) is 3.99. The molecule has 0 aromatic carbocycles. The lowest BCUT2D eigenvalue weighted by atomic mass is 10.3. The highest BCUT2D eigenvalue weighted by Gasteiger charge is 2.19. The van der Waals surface area contributed by atoms with Crippen molar-refractivity contribution in [2.45, 2.75) is 6.92 Å². The SMILES string of the molecule is CCN1CCN(c2ccc(Br)c(C(=O)OC)n2)CC1. The number of rotatable bonds is 3. The van der Waals surface area contributed by atoms with Crippen LogP contribution in [0.15, 0.2) is 16.6 Å². The predicted octanol–water partition coefficient (Wildman–Crippen LogP) is 1.77. The van der Waals surface area contributed by atoms with E-state index in [0.29, 0.717) is 10.2 Å². The molecule has 0 atom stereocenters. The van der Waals surface area contributed by atoms with Crippen LogP contribution in [0.1, 0.15) is 17.4 Å². The number of carbonyl (C=O) groups excluding carboxylic acids is 1. The van der Waals surface area contributed by atoms with Gasteiger partial charge in [0.2, 0.25) is 0 Å². The molecule has 2 rings (SSSR count). The first-order chi connectivity index (χ1) is 9.15. The van der Waals surface area contributed by atoms with E-state index in [-0.39, 0.29) is 0 Å². The monoisotopic (exact) mass is 327 g/mol. The molecule has 1 fully saturated rings. The Hall–Kier alpha value is -1.14. The topological polar surface area (TPSA) is 45.7 Å². The summed E-state index contributed by atoms with van der Waals surface area (Å²) in [5.41, 5.74) is 0.331. The molecule has 1 saturated heterocycles. The summed E-state index contributed by atoms with van der Waals surface area (Å²) in [5.74, 6) is 0.417. The Morgan fingerprint density at radius 3 is 2.63 bits per heavy atom. The second kappa shape index (κ2) is 6.34. The number of hydrogen-bond donors (Lipinski definition) is 0. The average Bonchev–Trinajstić information content (AvgIpc) is 2.47. The Bertz CT molecular complexity index is 459. The smallest absolute Gasteiger partial charge is 0.357 e. The highest BCUT2D eigenvalue weighted by atomic mass is 79.9. The fraction of sp³-hybridized carbons (Fsp3) is 0.538. The molecule has 104 valence electrons. The van der Waals surface area contributed by atoms with Gasteiger partial charge in [0.05, 0.1) is 11.6 Å². The number of halogens is 1. The number of esters is 1. The zero-order valence-electron chi connectivity index (χ0n) is 11.2. The number of ether oxygens (including phenoxy) is 1. The summed E-state index contributed by atoms with van der Waals surface area (Å²) in [6, 6.07) is 3.78. The van der Waals surface area contributed by atoms with Crippen molar-refractivity contribution in [3.8, 4) is 0 Å². The minimum Gasteiger partial charge on any atom is -0.464 e. The summed E-state index contributed by atoms with van der Waals surface area (Å²) in [7, 11) is 1.36. The number of likely N-dealkylation sites (N-methyl/N-ethyl adjacent to an activating group) is 1. The summed E-state index contributed by atoms with van der Waals surface area (Å²) in [5, 5.41) is 0. The van der Waals surface area contributed by atoms with E-state index in [1.807, 2.05) is 12.1 Å². The molecule has 0 bridgehead atoms. The summed E-state index contributed by atoms with van der Waals surface area (Å²) >= 11 is 3.33. The van der Waals surface area contributed by atoms with Gasteiger partial charge in [0.25, 0.3) is 0 Å². The van der Waals surface area contributed by atoms with Crippen LogP contribution in [0.25, 0.3) is 0 Å². The van der Waals surface area contributed by atoms with Gasteiger partial charge in [0.15, 0.2) is 5.69 Å². The van der Waals surface area contributed by atoms with Crippen LogP contribution >= 0.6 is 15.9 Å². The fourth-order valence-electron chi connectivity index (χ4n) is 2.14. The van der Waals surface area contributed by atoms with E-state index < -0.39 is 5.97 Å². The van der Waals surface area contributed by atoms with Gasteiger partial charge in [-0.05, 0) is 34.6 Å². The van der Waals surface area contributed by atoms with Gasteiger partial charge in [-0.25, -0.2) is 9.78 Å². The van der Waals surface area contributed by atoms with Gasteiger partial charge < -0.3 is 14.5 Å². The van der Waals surface area contributed by atoms with Crippen molar-refractivity contribution in [3.63, 3.8) is 0 Å². The highest BCUT2D eigenvalue weighted by molar-refractivity contribution is 9.10. The number of carbonyl (C=O) groups is 1. The van der Waals surface area contributed by atoms with Crippen LogP contribution < -0.4 is 4.90 Å². The first-order valence-corrected chi connectivity index (χ1v) is 7.17. The number of methoxy groups -OCH3 is 1. The third-order valence-electron chi connectivity index (χ3n) is 3.35. The van der Waals surface area contributed by atoms with E-state index in [2.05, 4.69) is 37.6 Å². The van der Waals surface area contributed by atoms with Crippen molar-refractivity contribution < 1.29 is 9.53 Å². The van der Waals surface area contributed by atoms with Gasteiger partial charge in [0.1, 0.15) is 5.82 Å². The molecule has 0 saturated carbocycles. The lowest BCUT2D eigenvalue weighted by molar-refractivity contribution is 0.0593. The molecular weight excluding hydrogens is 310 g/mol. The number of pyridine rings is 1. The molecule has 0 unspecified atom stereocenters. The molecule has 6 heteroatoms. The van der Waals surface area contributed by atoms with Crippen molar-refractivity contribution in [2.24, 2.45) is 0 Å². The van der Waals surface area contributed by atoms with E-state index in [1.165, 1.54) is 7.11 Å². The van der Waals surface area contributed by atoms with Crippen molar-refractivity contribution in [2.75, 3.05) is 44.7 Å². The largest absolute Gasteiger partial charge is 0.464 e. The lowest BCUT2D eigenvalue weighted by Crippen LogP contribution is -2.46. The van der Waals surface area contributed by atoms with Gasteiger partial charge >= 0.3 is 5.97 Å². The Kier molecular flexibility index (Phi) is 4.76. The maximum absolute atomic E-state index is 11.6. The number of nitrogens with zero attached hydrogens (tertiary/aromatic N) is 3. The Labute approximate surface area is 121 Å². The van der Waals surface area contributed by atoms with E-state index >= 15 is 0 Å². The zero-order chi connectivity index (χ0) is 13.8. The minimum atomic E-state index is -0.416. The molecular formula is C13H18BrN3O2. The van der Waals surface area contributed by atoms with Crippen molar-refractivity contribution in [1.29, 1.82) is 0 Å². The second-order valence-corrected chi connectivity index (χ2v) is 5.27. The van der Waals surface area contributed by atoms with Crippen LogP contribution in [0.2, 0.25) is 0 Å². The first-order valence-electron chi connectivity index (χ1n) is 6.38. The minimum absolute atomic E-state index is 0.331. The molecule has 0 aliphatic carbocycles. The molecule has 1 aromatic rings. The van der Waals surface area contributed by atoms with Crippen molar-refractivity contribution in [3.05, 3.63) is 22.3 Å². The molecule has 19 heavy (non-hydrogen) atoms. The maximum Gasteiger partial charge on any atom is 0.357 e. The molecule has 0 radical (unpaired) electrons. The van der Waals surface area contributed by atoms with Gasteiger partial charge in [-0.1, -0.05) is 6.92 Å². The predicted molar refractivity (Wildman–Crippen MR) is 77.6 cm³/mol. The zero-order valence-corrected chi connectivity index (χ0v) is 12.8. The summed E-state index contributed by atoms with van der Waals surface area (Å²) in [6.07, 6.45) is 0. The standard InChI is InChI=1S/C13H18BrN3O2/c1-3-16-6-8-17(9-7-16)11-5-4-10(14)12(15-11)13(18)19-2/h4-5H,3,6-9H2,1-2H3. The van der Waals surface area contributed by atoms with Crippen molar-refractivity contribution in [1.82, 2.24) is 9.88 Å².